The van der Waals surface area contributed by atoms with Gasteiger partial charge in [-0.05, 0) is 55.3 Å². The average molecular weight is 411 g/mol. The predicted molar refractivity (Wildman–Crippen MR) is 111 cm³/mol. The summed E-state index contributed by atoms with van der Waals surface area (Å²) in [7, 11) is -3.83. The number of benzene rings is 3. The smallest absolute Gasteiger partial charge is 0.303 e. The van der Waals surface area contributed by atoms with Gasteiger partial charge in [0.1, 0.15) is 5.75 Å². The molecule has 0 aliphatic rings. The molecule has 3 rings (SSSR count). The minimum atomic E-state index is -3.83. The Labute approximate surface area is 169 Å². The van der Waals surface area contributed by atoms with E-state index in [1.165, 1.54) is 12.1 Å². The van der Waals surface area contributed by atoms with Crippen LogP contribution in [-0.2, 0) is 21.2 Å². The van der Waals surface area contributed by atoms with Gasteiger partial charge in [0, 0.05) is 6.42 Å². The normalized spacial score (nSPS) is 11.1. The summed E-state index contributed by atoms with van der Waals surface area (Å²) < 4.78 is 33.9. The van der Waals surface area contributed by atoms with Gasteiger partial charge in [-0.1, -0.05) is 42.0 Å². The van der Waals surface area contributed by atoms with Crippen molar-refractivity contribution in [3.05, 3.63) is 83.9 Å². The van der Waals surface area contributed by atoms with Crippen molar-refractivity contribution in [3.63, 3.8) is 0 Å². The summed E-state index contributed by atoms with van der Waals surface area (Å²) in [5.41, 5.74) is 2.18. The van der Waals surface area contributed by atoms with Crippen molar-refractivity contribution in [1.29, 1.82) is 0 Å². The van der Waals surface area contributed by atoms with Gasteiger partial charge in [-0.2, -0.15) is 0 Å². The van der Waals surface area contributed by atoms with Crippen LogP contribution in [-0.4, -0.2) is 19.5 Å². The predicted octanol–water partition coefficient (Wildman–Crippen LogP) is 4.61. The van der Waals surface area contributed by atoms with Crippen molar-refractivity contribution < 1.29 is 23.1 Å². The Hall–Kier alpha value is -3.32. The van der Waals surface area contributed by atoms with Gasteiger partial charge in [0.2, 0.25) is 0 Å². The van der Waals surface area contributed by atoms with Gasteiger partial charge in [-0.15, -0.1) is 0 Å². The Balaban J connectivity index is 1.78. The second-order valence-electron chi connectivity index (χ2n) is 6.55. The fourth-order valence-corrected chi connectivity index (χ4v) is 3.73. The van der Waals surface area contributed by atoms with Crippen molar-refractivity contribution in [2.24, 2.45) is 0 Å². The Morgan fingerprint density at radius 2 is 1.62 bits per heavy atom. The molecule has 0 aromatic heterocycles. The van der Waals surface area contributed by atoms with Gasteiger partial charge in [-0.3, -0.25) is 9.52 Å². The minimum Gasteiger partial charge on any atom is -0.481 e. The highest BCUT2D eigenvalue weighted by molar-refractivity contribution is 7.92. The summed E-state index contributed by atoms with van der Waals surface area (Å²) in [6.45, 7) is 1.97. The quantitative estimate of drug-likeness (QED) is 0.565. The number of aryl methyl sites for hydroxylation is 2. The highest BCUT2D eigenvalue weighted by Gasteiger charge is 2.17. The molecule has 0 saturated carbocycles. The maximum atomic E-state index is 12.8. The molecule has 3 aromatic carbocycles. The lowest BCUT2D eigenvalue weighted by Crippen LogP contribution is -2.13. The van der Waals surface area contributed by atoms with E-state index in [0.717, 1.165) is 11.1 Å². The molecule has 0 heterocycles. The SMILES string of the molecule is Cc1ccc(Oc2ccccc2NS(=O)(=O)c2ccc(CCC(=O)O)cc2)cc1. The fourth-order valence-electron chi connectivity index (χ4n) is 2.66. The van der Waals surface area contributed by atoms with Crippen molar-refractivity contribution in [2.45, 2.75) is 24.7 Å². The summed E-state index contributed by atoms with van der Waals surface area (Å²) in [6, 6.07) is 20.4. The Morgan fingerprint density at radius 3 is 2.28 bits per heavy atom. The lowest BCUT2D eigenvalue weighted by Gasteiger charge is -2.14. The first kappa shape index (κ1) is 20.4. The summed E-state index contributed by atoms with van der Waals surface area (Å²) >= 11 is 0. The molecule has 0 unspecified atom stereocenters. The summed E-state index contributed by atoms with van der Waals surface area (Å²) in [5.74, 6) is 0.0941. The van der Waals surface area contributed by atoms with E-state index in [1.807, 2.05) is 31.2 Å². The number of hydrogen-bond donors (Lipinski definition) is 2. The number of para-hydroxylation sites is 2. The molecular formula is C22H21NO5S. The van der Waals surface area contributed by atoms with E-state index in [0.29, 0.717) is 23.6 Å². The zero-order valence-corrected chi connectivity index (χ0v) is 16.6. The van der Waals surface area contributed by atoms with Gasteiger partial charge in [0.15, 0.2) is 5.75 Å². The molecule has 0 atom stereocenters. The summed E-state index contributed by atoms with van der Waals surface area (Å²) in [6.07, 6.45) is 0.338. The first-order valence-electron chi connectivity index (χ1n) is 9.00. The Bertz CT molecular complexity index is 1090. The van der Waals surface area contributed by atoms with E-state index in [1.54, 1.807) is 36.4 Å². The van der Waals surface area contributed by atoms with E-state index in [4.69, 9.17) is 9.84 Å². The topological polar surface area (TPSA) is 92.7 Å². The maximum absolute atomic E-state index is 12.8. The minimum absolute atomic E-state index is 0.00588. The molecule has 0 bridgehead atoms. The van der Waals surface area contributed by atoms with E-state index in [2.05, 4.69) is 4.72 Å². The molecule has 0 amide bonds. The first-order valence-corrected chi connectivity index (χ1v) is 10.5. The second-order valence-corrected chi connectivity index (χ2v) is 8.24. The number of aliphatic carboxylic acids is 1. The number of anilines is 1. The molecule has 6 nitrogen and oxygen atoms in total. The molecule has 2 N–H and O–H groups in total. The largest absolute Gasteiger partial charge is 0.481 e. The zero-order valence-electron chi connectivity index (χ0n) is 15.8. The van der Waals surface area contributed by atoms with Crippen LogP contribution < -0.4 is 9.46 Å². The van der Waals surface area contributed by atoms with Crippen LogP contribution >= 0.6 is 0 Å². The fraction of sp³-hybridized carbons (Fsp3) is 0.136. The van der Waals surface area contributed by atoms with Crippen LogP contribution in [0.15, 0.2) is 77.7 Å². The van der Waals surface area contributed by atoms with Crippen molar-refractivity contribution in [2.75, 3.05) is 4.72 Å². The standard InChI is InChI=1S/C22H21NO5S/c1-16-6-11-18(12-7-16)28-21-5-3-2-4-20(21)23-29(26,27)19-13-8-17(9-14-19)10-15-22(24)25/h2-9,11-14,23H,10,15H2,1H3,(H,24,25). The first-order chi connectivity index (χ1) is 13.8. The van der Waals surface area contributed by atoms with E-state index >= 15 is 0 Å². The molecule has 0 aliphatic heterocycles. The number of sulfonamides is 1. The summed E-state index contributed by atoms with van der Waals surface area (Å²) in [4.78, 5) is 10.7. The van der Waals surface area contributed by atoms with Crippen LogP contribution in [0.4, 0.5) is 5.69 Å². The van der Waals surface area contributed by atoms with Gasteiger partial charge in [-0.25, -0.2) is 8.42 Å². The molecule has 0 radical (unpaired) electrons. The van der Waals surface area contributed by atoms with Crippen molar-refractivity contribution >= 4 is 21.7 Å². The number of hydrogen-bond acceptors (Lipinski definition) is 4. The lowest BCUT2D eigenvalue weighted by molar-refractivity contribution is -0.136. The third-order valence-corrected chi connectivity index (χ3v) is 5.62. The third-order valence-electron chi connectivity index (χ3n) is 4.24. The number of carboxylic acids is 1. The van der Waals surface area contributed by atoms with Crippen LogP contribution in [0.3, 0.4) is 0 Å². The maximum Gasteiger partial charge on any atom is 0.303 e. The molecule has 7 heteroatoms. The molecule has 29 heavy (non-hydrogen) atoms. The molecule has 0 fully saturated rings. The van der Waals surface area contributed by atoms with Crippen LogP contribution in [0.1, 0.15) is 17.5 Å². The molecule has 3 aromatic rings. The Morgan fingerprint density at radius 1 is 0.966 bits per heavy atom. The molecule has 0 saturated heterocycles. The highest BCUT2D eigenvalue weighted by Crippen LogP contribution is 2.31. The monoisotopic (exact) mass is 411 g/mol. The van der Waals surface area contributed by atoms with Crippen molar-refractivity contribution in [3.8, 4) is 11.5 Å². The number of carbonyl (C=O) groups is 1. The summed E-state index contributed by atoms with van der Waals surface area (Å²) in [5, 5.41) is 8.75. The highest BCUT2D eigenvalue weighted by atomic mass is 32.2. The number of nitrogens with one attached hydrogen (secondary N) is 1. The van der Waals surface area contributed by atoms with Gasteiger partial charge >= 0.3 is 5.97 Å². The number of carboxylic acid groups (broad SMARTS) is 1. The number of ether oxygens (including phenoxy) is 1. The second kappa shape index (κ2) is 8.79. The third kappa shape index (κ3) is 5.58. The van der Waals surface area contributed by atoms with Crippen molar-refractivity contribution in [1.82, 2.24) is 0 Å². The van der Waals surface area contributed by atoms with Crippen LogP contribution in [0.5, 0.6) is 11.5 Å². The van der Waals surface area contributed by atoms with E-state index in [-0.39, 0.29) is 11.3 Å². The van der Waals surface area contributed by atoms with Gasteiger partial charge in [0.25, 0.3) is 10.0 Å². The molecular weight excluding hydrogens is 390 g/mol. The molecule has 0 aliphatic carbocycles. The van der Waals surface area contributed by atoms with Gasteiger partial charge in [0.05, 0.1) is 10.6 Å². The van der Waals surface area contributed by atoms with Gasteiger partial charge < -0.3 is 9.84 Å². The lowest BCUT2D eigenvalue weighted by atomic mass is 10.1. The number of rotatable bonds is 8. The Kier molecular flexibility index (Phi) is 6.19. The van der Waals surface area contributed by atoms with Crippen LogP contribution in [0.2, 0.25) is 0 Å². The van der Waals surface area contributed by atoms with Crippen LogP contribution in [0.25, 0.3) is 0 Å². The average Bonchev–Trinajstić information content (AvgIpc) is 2.70. The van der Waals surface area contributed by atoms with E-state index < -0.39 is 16.0 Å². The van der Waals surface area contributed by atoms with Crippen LogP contribution in [0, 0.1) is 6.92 Å². The zero-order chi connectivity index (χ0) is 20.9. The molecule has 150 valence electrons. The molecule has 0 spiro atoms. The van der Waals surface area contributed by atoms with E-state index in [9.17, 15) is 13.2 Å².